The summed E-state index contributed by atoms with van der Waals surface area (Å²) in [6, 6.07) is 4.86. The molecule has 0 saturated carbocycles. The quantitative estimate of drug-likeness (QED) is 0.380. The van der Waals surface area contributed by atoms with Gasteiger partial charge in [0.1, 0.15) is 6.42 Å². The number of hydrogen-bond donors (Lipinski definition) is 3. The predicted octanol–water partition coefficient (Wildman–Crippen LogP) is -0.768. The first-order valence-electron chi connectivity index (χ1n) is 5.68. The third-order valence-electron chi connectivity index (χ3n) is 2.45. The maximum Gasteiger partial charge on any atom is 0.271 e. The van der Waals surface area contributed by atoms with Crippen molar-refractivity contribution in [3.8, 4) is 0 Å². The summed E-state index contributed by atoms with van der Waals surface area (Å²) < 4.78 is 0. The van der Waals surface area contributed by atoms with Gasteiger partial charge in [-0.1, -0.05) is 0 Å². The van der Waals surface area contributed by atoms with Gasteiger partial charge in [-0.05, 0) is 12.1 Å². The Bertz CT molecular complexity index is 633. The molecule has 0 spiro atoms. The lowest BCUT2D eigenvalue weighted by Gasteiger charge is -2.14. The van der Waals surface area contributed by atoms with Crippen molar-refractivity contribution in [3.05, 3.63) is 39.9 Å². The number of benzene rings is 1. The lowest BCUT2D eigenvalue weighted by Crippen LogP contribution is -2.51. The van der Waals surface area contributed by atoms with E-state index in [1.54, 1.807) is 0 Å². The monoisotopic (exact) mass is 291 g/mol. The first kappa shape index (κ1) is 14.1. The molecule has 1 saturated heterocycles. The van der Waals surface area contributed by atoms with Gasteiger partial charge in [-0.3, -0.25) is 35.1 Å². The molecule has 1 aliphatic heterocycles. The average molecular weight is 291 g/mol. The summed E-state index contributed by atoms with van der Waals surface area (Å²) in [6.45, 7) is 0. The largest absolute Gasteiger partial charge is 0.294 e. The first-order chi connectivity index (χ1) is 9.95. The van der Waals surface area contributed by atoms with Crippen LogP contribution in [0.5, 0.6) is 0 Å². The van der Waals surface area contributed by atoms with Crippen LogP contribution in [0.15, 0.2) is 29.4 Å². The summed E-state index contributed by atoms with van der Waals surface area (Å²) in [7, 11) is 0. The van der Waals surface area contributed by atoms with Crippen molar-refractivity contribution < 1.29 is 19.3 Å². The smallest absolute Gasteiger partial charge is 0.271 e. The first-order valence-corrected chi connectivity index (χ1v) is 5.68. The fourth-order valence-electron chi connectivity index (χ4n) is 1.49. The molecule has 108 valence electrons. The number of nitro benzene ring substituents is 1. The van der Waals surface area contributed by atoms with Gasteiger partial charge in [0.05, 0.1) is 4.92 Å². The Kier molecular flexibility index (Phi) is 3.88. The number of rotatable bonds is 3. The summed E-state index contributed by atoms with van der Waals surface area (Å²) in [4.78, 5) is 43.7. The number of nitro groups is 1. The molecule has 0 aromatic heterocycles. The molecular formula is C11H9N5O5. The zero-order chi connectivity index (χ0) is 15.4. The molecule has 0 aliphatic carbocycles. The number of carbonyl (C=O) groups is 3. The second-order valence-electron chi connectivity index (χ2n) is 3.98. The van der Waals surface area contributed by atoms with Gasteiger partial charge in [-0.25, -0.2) is 5.43 Å². The highest BCUT2D eigenvalue weighted by Crippen LogP contribution is 2.11. The molecule has 1 heterocycles. The SMILES string of the molecule is O=C1CC(=O)NC(=NNC(=O)c2ccc([N+](=O)[O-])cc2)N1. The van der Waals surface area contributed by atoms with E-state index in [4.69, 9.17) is 0 Å². The minimum absolute atomic E-state index is 0.137. The van der Waals surface area contributed by atoms with Gasteiger partial charge in [0.25, 0.3) is 11.6 Å². The molecule has 3 N–H and O–H groups in total. The number of guanidine groups is 1. The van der Waals surface area contributed by atoms with Crippen LogP contribution in [0.2, 0.25) is 0 Å². The van der Waals surface area contributed by atoms with Crippen molar-refractivity contribution in [1.82, 2.24) is 16.1 Å². The molecule has 3 amide bonds. The van der Waals surface area contributed by atoms with Crippen molar-refractivity contribution in [1.29, 1.82) is 0 Å². The minimum atomic E-state index is -0.647. The molecule has 2 rings (SSSR count). The highest BCUT2D eigenvalue weighted by molar-refractivity contribution is 6.15. The lowest BCUT2D eigenvalue weighted by atomic mass is 10.2. The number of carbonyl (C=O) groups excluding carboxylic acids is 3. The number of nitrogens with one attached hydrogen (secondary N) is 3. The normalized spacial score (nSPS) is 14.0. The molecule has 0 atom stereocenters. The van der Waals surface area contributed by atoms with Crippen LogP contribution in [0.1, 0.15) is 16.8 Å². The molecule has 0 radical (unpaired) electrons. The molecule has 1 fully saturated rings. The predicted molar refractivity (Wildman–Crippen MR) is 68.9 cm³/mol. The summed E-state index contributed by atoms with van der Waals surface area (Å²) >= 11 is 0. The second kappa shape index (κ2) is 5.77. The highest BCUT2D eigenvalue weighted by Gasteiger charge is 2.20. The molecule has 1 aromatic carbocycles. The Balaban J connectivity index is 2.02. The third-order valence-corrected chi connectivity index (χ3v) is 2.45. The van der Waals surface area contributed by atoms with E-state index in [9.17, 15) is 24.5 Å². The van der Waals surface area contributed by atoms with Crippen molar-refractivity contribution in [3.63, 3.8) is 0 Å². The molecule has 1 aromatic rings. The van der Waals surface area contributed by atoms with Crippen LogP contribution in [0, 0.1) is 10.1 Å². The standard InChI is InChI=1S/C11H9N5O5/c17-8-5-9(18)13-11(12-8)15-14-10(19)6-1-3-7(4-2-6)16(20)21/h1-4H,5H2,(H,14,19)(H2,12,13,15,17,18). The molecule has 21 heavy (non-hydrogen) atoms. The van der Waals surface area contributed by atoms with Gasteiger partial charge >= 0.3 is 0 Å². The van der Waals surface area contributed by atoms with Crippen LogP contribution in [0.3, 0.4) is 0 Å². The van der Waals surface area contributed by atoms with E-state index in [0.29, 0.717) is 0 Å². The molecule has 10 heteroatoms. The van der Waals surface area contributed by atoms with Crippen molar-refractivity contribution in [2.24, 2.45) is 5.10 Å². The number of hydrogen-bond acceptors (Lipinski definition) is 6. The van der Waals surface area contributed by atoms with Gasteiger partial charge in [-0.15, -0.1) is 5.10 Å². The van der Waals surface area contributed by atoms with Gasteiger partial charge in [0.2, 0.25) is 17.8 Å². The summed E-state index contributed by atoms with van der Waals surface area (Å²) in [5.74, 6) is -1.91. The molecule has 0 unspecified atom stereocenters. The Morgan fingerprint density at radius 1 is 1.19 bits per heavy atom. The van der Waals surface area contributed by atoms with E-state index in [1.807, 2.05) is 0 Å². The molecule has 0 bridgehead atoms. The topological polar surface area (TPSA) is 143 Å². The van der Waals surface area contributed by atoms with Crippen LogP contribution < -0.4 is 16.1 Å². The highest BCUT2D eigenvalue weighted by atomic mass is 16.6. The van der Waals surface area contributed by atoms with Gasteiger partial charge in [0, 0.05) is 17.7 Å². The zero-order valence-electron chi connectivity index (χ0n) is 10.5. The molecule has 1 aliphatic rings. The van der Waals surface area contributed by atoms with Crippen molar-refractivity contribution in [2.75, 3.05) is 0 Å². The van der Waals surface area contributed by atoms with E-state index >= 15 is 0 Å². The van der Waals surface area contributed by atoms with Crippen molar-refractivity contribution >= 4 is 29.4 Å². The molecule has 10 nitrogen and oxygen atoms in total. The number of amides is 3. The van der Waals surface area contributed by atoms with Crippen molar-refractivity contribution in [2.45, 2.75) is 6.42 Å². The van der Waals surface area contributed by atoms with Gasteiger partial charge in [0.15, 0.2) is 0 Å². The summed E-state index contributed by atoms with van der Waals surface area (Å²) in [6.07, 6.45) is -0.310. The zero-order valence-corrected chi connectivity index (χ0v) is 10.5. The number of hydrazone groups is 1. The van der Waals surface area contributed by atoms with Crippen LogP contribution in [0.25, 0.3) is 0 Å². The van der Waals surface area contributed by atoms with E-state index in [-0.39, 0.29) is 23.6 Å². The third kappa shape index (κ3) is 3.59. The van der Waals surface area contributed by atoms with Crippen LogP contribution in [0.4, 0.5) is 5.69 Å². The minimum Gasteiger partial charge on any atom is -0.294 e. The number of non-ortho nitro benzene ring substituents is 1. The number of nitrogens with zero attached hydrogens (tertiary/aromatic N) is 2. The van der Waals surface area contributed by atoms with E-state index < -0.39 is 22.6 Å². The maximum absolute atomic E-state index is 11.7. The van der Waals surface area contributed by atoms with Crippen LogP contribution in [-0.4, -0.2) is 28.6 Å². The Hall–Kier alpha value is -3.30. The van der Waals surface area contributed by atoms with Crippen LogP contribution in [-0.2, 0) is 9.59 Å². The van der Waals surface area contributed by atoms with Crippen LogP contribution >= 0.6 is 0 Å². The van der Waals surface area contributed by atoms with Gasteiger partial charge in [-0.2, -0.15) is 0 Å². The average Bonchev–Trinajstić information content (AvgIpc) is 2.44. The Labute approximate surface area is 117 Å². The van der Waals surface area contributed by atoms with E-state index in [2.05, 4.69) is 21.2 Å². The molecular weight excluding hydrogens is 282 g/mol. The van der Waals surface area contributed by atoms with E-state index in [1.165, 1.54) is 24.3 Å². The Morgan fingerprint density at radius 3 is 2.29 bits per heavy atom. The maximum atomic E-state index is 11.7. The fourth-order valence-corrected chi connectivity index (χ4v) is 1.49. The summed E-state index contributed by atoms with van der Waals surface area (Å²) in [5.41, 5.74) is 2.10. The summed E-state index contributed by atoms with van der Waals surface area (Å²) in [5, 5.41) is 18.5. The Morgan fingerprint density at radius 2 is 1.76 bits per heavy atom. The van der Waals surface area contributed by atoms with E-state index in [0.717, 1.165) is 0 Å². The fraction of sp³-hybridized carbons (Fsp3) is 0.0909. The lowest BCUT2D eigenvalue weighted by molar-refractivity contribution is -0.384. The second-order valence-corrected chi connectivity index (χ2v) is 3.98. The van der Waals surface area contributed by atoms with Gasteiger partial charge < -0.3 is 0 Å².